The van der Waals surface area contributed by atoms with E-state index in [1.807, 2.05) is 0 Å². The maximum Gasteiger partial charge on any atom is 0.318 e. The number of rotatable bonds is 5. The van der Waals surface area contributed by atoms with Crippen molar-refractivity contribution in [2.45, 2.75) is 12.5 Å². The van der Waals surface area contributed by atoms with Crippen LogP contribution in [-0.4, -0.2) is 41.3 Å². The zero-order valence-electron chi connectivity index (χ0n) is 8.32. The first-order valence-electron chi connectivity index (χ1n) is 4.31. The van der Waals surface area contributed by atoms with Gasteiger partial charge >= 0.3 is 6.01 Å². The molecule has 0 bridgehead atoms. The number of aliphatic hydroxyl groups is 1. The number of methoxy groups -OCH3 is 1. The zero-order valence-corrected chi connectivity index (χ0v) is 9.08. The second kappa shape index (κ2) is 5.76. The highest BCUT2D eigenvalue weighted by Gasteiger charge is 2.17. The van der Waals surface area contributed by atoms with E-state index in [4.69, 9.17) is 21.4 Å². The maximum absolute atomic E-state index is 12.0. The van der Waals surface area contributed by atoms with E-state index in [0.29, 0.717) is 0 Å². The van der Waals surface area contributed by atoms with Crippen LogP contribution in [0.5, 0.6) is 6.01 Å². The van der Waals surface area contributed by atoms with Gasteiger partial charge in [-0.15, -0.1) is 0 Å². The molecule has 0 saturated carbocycles. The van der Waals surface area contributed by atoms with Crippen LogP contribution in [0.2, 0.25) is 5.02 Å². The molecule has 0 saturated heterocycles. The van der Waals surface area contributed by atoms with Crippen molar-refractivity contribution in [1.82, 2.24) is 9.97 Å². The smallest absolute Gasteiger partial charge is 0.318 e. The number of halogens is 3. The average molecular weight is 254 g/mol. The minimum absolute atomic E-state index is 0.0541. The standard InChI is InChI=1S/C8H10ClF2N3O2/c1-16-8-13-2-4(9)7(14-8)12-3-5(15)6(10)11/h2,5-6,15H,3H2,1H3,(H,12,13,14). The molecule has 0 spiro atoms. The summed E-state index contributed by atoms with van der Waals surface area (Å²) in [5.41, 5.74) is 0. The molecular weight excluding hydrogens is 244 g/mol. The van der Waals surface area contributed by atoms with Gasteiger partial charge in [0.2, 0.25) is 0 Å². The summed E-state index contributed by atoms with van der Waals surface area (Å²) in [7, 11) is 1.36. The first kappa shape index (κ1) is 12.9. The van der Waals surface area contributed by atoms with E-state index in [1.165, 1.54) is 13.3 Å². The summed E-state index contributed by atoms with van der Waals surface area (Å²) in [6, 6.07) is 0.0541. The number of alkyl halides is 2. The number of hydrogen-bond donors (Lipinski definition) is 2. The second-order valence-electron chi connectivity index (χ2n) is 2.84. The van der Waals surface area contributed by atoms with Crippen molar-refractivity contribution in [3.8, 4) is 6.01 Å². The van der Waals surface area contributed by atoms with Crippen molar-refractivity contribution in [3.05, 3.63) is 11.2 Å². The minimum atomic E-state index is -2.82. The fourth-order valence-corrected chi connectivity index (χ4v) is 1.02. The monoisotopic (exact) mass is 253 g/mol. The van der Waals surface area contributed by atoms with Crippen molar-refractivity contribution in [2.24, 2.45) is 0 Å². The molecule has 0 amide bonds. The largest absolute Gasteiger partial charge is 0.467 e. The van der Waals surface area contributed by atoms with Gasteiger partial charge in [-0.1, -0.05) is 11.6 Å². The molecule has 0 aliphatic carbocycles. The number of nitrogens with one attached hydrogen (secondary N) is 1. The molecule has 1 unspecified atom stereocenters. The third kappa shape index (κ3) is 3.42. The normalized spacial score (nSPS) is 12.6. The van der Waals surface area contributed by atoms with Crippen LogP contribution in [0.15, 0.2) is 6.20 Å². The molecule has 0 aliphatic heterocycles. The molecule has 8 heteroatoms. The lowest BCUT2D eigenvalue weighted by Gasteiger charge is -2.12. The first-order valence-corrected chi connectivity index (χ1v) is 4.69. The molecule has 5 nitrogen and oxygen atoms in total. The molecule has 1 aromatic heterocycles. The van der Waals surface area contributed by atoms with E-state index >= 15 is 0 Å². The summed E-state index contributed by atoms with van der Waals surface area (Å²) in [5, 5.41) is 11.5. The number of nitrogens with zero attached hydrogens (tertiary/aromatic N) is 2. The third-order valence-electron chi connectivity index (χ3n) is 1.67. The van der Waals surface area contributed by atoms with Gasteiger partial charge in [0.15, 0.2) is 5.82 Å². The van der Waals surface area contributed by atoms with E-state index in [2.05, 4.69) is 15.3 Å². The fraction of sp³-hybridized carbons (Fsp3) is 0.500. The first-order chi connectivity index (χ1) is 7.54. The van der Waals surface area contributed by atoms with Crippen LogP contribution in [0.25, 0.3) is 0 Å². The van der Waals surface area contributed by atoms with Crippen LogP contribution in [0.1, 0.15) is 0 Å². The summed E-state index contributed by atoms with van der Waals surface area (Å²) in [4.78, 5) is 7.49. The molecule has 0 fully saturated rings. The van der Waals surface area contributed by atoms with Crippen molar-refractivity contribution < 1.29 is 18.6 Å². The van der Waals surface area contributed by atoms with Gasteiger partial charge in [0.1, 0.15) is 11.1 Å². The van der Waals surface area contributed by atoms with Gasteiger partial charge in [0, 0.05) is 6.54 Å². The van der Waals surface area contributed by atoms with Crippen LogP contribution in [0, 0.1) is 0 Å². The summed E-state index contributed by atoms with van der Waals surface area (Å²) in [5.74, 6) is 0.133. The highest BCUT2D eigenvalue weighted by Crippen LogP contribution is 2.20. The Kier molecular flexibility index (Phi) is 4.63. The van der Waals surface area contributed by atoms with E-state index in [0.717, 1.165) is 0 Å². The molecule has 0 aliphatic rings. The molecule has 16 heavy (non-hydrogen) atoms. The zero-order chi connectivity index (χ0) is 12.1. The maximum atomic E-state index is 12.0. The number of ether oxygens (including phenoxy) is 1. The molecule has 1 heterocycles. The predicted molar refractivity (Wildman–Crippen MR) is 54.1 cm³/mol. The van der Waals surface area contributed by atoms with Crippen LogP contribution in [0.3, 0.4) is 0 Å². The Labute approximate surface area is 95.4 Å². The Morgan fingerprint density at radius 1 is 1.62 bits per heavy atom. The Balaban J connectivity index is 2.65. The highest BCUT2D eigenvalue weighted by molar-refractivity contribution is 6.32. The van der Waals surface area contributed by atoms with E-state index < -0.39 is 12.5 Å². The molecule has 0 radical (unpaired) electrons. The Hall–Kier alpha value is -1.21. The predicted octanol–water partition coefficient (Wildman–Crippen LogP) is 1.18. The minimum Gasteiger partial charge on any atom is -0.467 e. The number of anilines is 1. The topological polar surface area (TPSA) is 67.3 Å². The van der Waals surface area contributed by atoms with Gasteiger partial charge < -0.3 is 15.2 Å². The molecule has 2 N–H and O–H groups in total. The van der Waals surface area contributed by atoms with Crippen molar-refractivity contribution in [1.29, 1.82) is 0 Å². The molecule has 1 aromatic rings. The van der Waals surface area contributed by atoms with Gasteiger partial charge in [-0.3, -0.25) is 0 Å². The Morgan fingerprint density at radius 3 is 2.88 bits per heavy atom. The van der Waals surface area contributed by atoms with Crippen molar-refractivity contribution in [3.63, 3.8) is 0 Å². The molecular formula is C8H10ClF2N3O2. The molecule has 1 atom stereocenters. The number of hydrogen-bond acceptors (Lipinski definition) is 5. The Bertz CT molecular complexity index is 354. The molecule has 1 rings (SSSR count). The number of aromatic nitrogens is 2. The van der Waals surface area contributed by atoms with Crippen LogP contribution in [0.4, 0.5) is 14.6 Å². The highest BCUT2D eigenvalue weighted by atomic mass is 35.5. The van der Waals surface area contributed by atoms with E-state index in [-0.39, 0.29) is 23.4 Å². The van der Waals surface area contributed by atoms with Crippen molar-refractivity contribution in [2.75, 3.05) is 19.0 Å². The Morgan fingerprint density at radius 2 is 2.31 bits per heavy atom. The third-order valence-corrected chi connectivity index (χ3v) is 1.95. The summed E-state index contributed by atoms with van der Waals surface area (Å²) in [6.45, 7) is -0.364. The van der Waals surface area contributed by atoms with E-state index in [1.54, 1.807) is 0 Å². The summed E-state index contributed by atoms with van der Waals surface area (Å²) < 4.78 is 28.7. The van der Waals surface area contributed by atoms with Crippen LogP contribution < -0.4 is 10.1 Å². The molecule has 0 aromatic carbocycles. The fourth-order valence-electron chi connectivity index (χ4n) is 0.864. The summed E-state index contributed by atoms with van der Waals surface area (Å²) >= 11 is 5.70. The number of aliphatic hydroxyl groups excluding tert-OH is 1. The average Bonchev–Trinajstić information content (AvgIpc) is 2.27. The van der Waals surface area contributed by atoms with Crippen molar-refractivity contribution >= 4 is 17.4 Å². The SMILES string of the molecule is COc1ncc(Cl)c(NCC(O)C(F)F)n1. The van der Waals surface area contributed by atoms with E-state index in [9.17, 15) is 8.78 Å². The summed E-state index contributed by atoms with van der Waals surface area (Å²) in [6.07, 6.45) is -3.34. The van der Waals surface area contributed by atoms with Gasteiger partial charge in [-0.05, 0) is 0 Å². The quantitative estimate of drug-likeness (QED) is 0.825. The van der Waals surface area contributed by atoms with Gasteiger partial charge in [-0.2, -0.15) is 4.98 Å². The lowest BCUT2D eigenvalue weighted by Crippen LogP contribution is -2.27. The molecule has 90 valence electrons. The van der Waals surface area contributed by atoms with Gasteiger partial charge in [0.05, 0.1) is 13.3 Å². The van der Waals surface area contributed by atoms with Gasteiger partial charge in [-0.25, -0.2) is 13.8 Å². The lowest BCUT2D eigenvalue weighted by molar-refractivity contribution is 0.00380. The lowest BCUT2D eigenvalue weighted by atomic mass is 10.3. The second-order valence-corrected chi connectivity index (χ2v) is 3.24. The van der Waals surface area contributed by atoms with Crippen LogP contribution in [-0.2, 0) is 0 Å². The van der Waals surface area contributed by atoms with Crippen LogP contribution >= 0.6 is 11.6 Å². The van der Waals surface area contributed by atoms with Gasteiger partial charge in [0.25, 0.3) is 6.43 Å².